The number of amides is 2. The Kier molecular flexibility index (Phi) is 6.14. The zero-order chi connectivity index (χ0) is 12.7. The Morgan fingerprint density at radius 3 is 2.31 bits per heavy atom. The lowest BCUT2D eigenvalue weighted by Crippen LogP contribution is -2.45. The van der Waals surface area contributed by atoms with Crippen LogP contribution < -0.4 is 11.1 Å². The number of carboxylic acids is 1. The number of nitrogens with two attached hydrogens (primary N) is 1. The Morgan fingerprint density at radius 2 is 1.94 bits per heavy atom. The van der Waals surface area contributed by atoms with E-state index in [9.17, 15) is 14.4 Å². The zero-order valence-corrected chi connectivity index (χ0v) is 9.53. The van der Waals surface area contributed by atoms with Crippen molar-refractivity contribution in [2.45, 2.75) is 39.2 Å². The summed E-state index contributed by atoms with van der Waals surface area (Å²) >= 11 is 0. The molecule has 0 aromatic carbocycles. The molecule has 92 valence electrons. The first-order chi connectivity index (χ1) is 7.38. The highest BCUT2D eigenvalue weighted by Gasteiger charge is 2.24. The van der Waals surface area contributed by atoms with Gasteiger partial charge < -0.3 is 16.2 Å². The van der Waals surface area contributed by atoms with Crippen molar-refractivity contribution in [2.24, 2.45) is 11.7 Å². The van der Waals surface area contributed by atoms with Crippen LogP contribution in [0, 0.1) is 5.92 Å². The maximum absolute atomic E-state index is 11.5. The van der Waals surface area contributed by atoms with Crippen LogP contribution in [0.4, 0.5) is 0 Å². The highest BCUT2D eigenvalue weighted by atomic mass is 16.4. The van der Waals surface area contributed by atoms with Gasteiger partial charge in [-0.05, 0) is 6.42 Å². The van der Waals surface area contributed by atoms with Gasteiger partial charge in [-0.3, -0.25) is 9.59 Å². The average molecular weight is 230 g/mol. The summed E-state index contributed by atoms with van der Waals surface area (Å²) in [6.07, 6.45) is 1.12. The molecule has 1 unspecified atom stereocenters. The van der Waals surface area contributed by atoms with Gasteiger partial charge in [0, 0.05) is 5.92 Å². The fourth-order valence-electron chi connectivity index (χ4n) is 1.28. The minimum atomic E-state index is -1.25. The molecule has 0 heterocycles. The van der Waals surface area contributed by atoms with Gasteiger partial charge in [0.1, 0.15) is 6.04 Å². The van der Waals surface area contributed by atoms with Crippen molar-refractivity contribution >= 4 is 17.8 Å². The number of carbonyl (C=O) groups excluding carboxylic acids is 2. The van der Waals surface area contributed by atoms with Crippen LogP contribution in [-0.4, -0.2) is 28.9 Å². The molecule has 0 aliphatic carbocycles. The van der Waals surface area contributed by atoms with E-state index in [0.717, 1.165) is 6.42 Å². The number of hydrogen-bond donors (Lipinski definition) is 3. The van der Waals surface area contributed by atoms with Crippen molar-refractivity contribution in [3.05, 3.63) is 0 Å². The van der Waals surface area contributed by atoms with Crippen LogP contribution in [0.3, 0.4) is 0 Å². The summed E-state index contributed by atoms with van der Waals surface area (Å²) in [7, 11) is 0. The molecule has 0 rings (SSSR count). The van der Waals surface area contributed by atoms with Crippen LogP contribution in [0.15, 0.2) is 0 Å². The van der Waals surface area contributed by atoms with E-state index in [4.69, 9.17) is 10.8 Å². The summed E-state index contributed by atoms with van der Waals surface area (Å²) in [5.74, 6) is -2.64. The molecule has 0 bridgehead atoms. The second-order valence-electron chi connectivity index (χ2n) is 3.76. The number of carbonyl (C=O) groups is 3. The van der Waals surface area contributed by atoms with Crippen LogP contribution in [0.5, 0.6) is 0 Å². The van der Waals surface area contributed by atoms with Crippen LogP contribution >= 0.6 is 0 Å². The predicted octanol–water partition coefficient (Wildman–Crippen LogP) is -0.133. The third-order valence-corrected chi connectivity index (χ3v) is 2.19. The number of hydrogen-bond acceptors (Lipinski definition) is 3. The van der Waals surface area contributed by atoms with Crippen molar-refractivity contribution in [1.29, 1.82) is 0 Å². The highest BCUT2D eigenvalue weighted by molar-refractivity contribution is 5.88. The van der Waals surface area contributed by atoms with Gasteiger partial charge in [0.05, 0.1) is 6.42 Å². The molecule has 2 amide bonds. The lowest BCUT2D eigenvalue weighted by atomic mass is 10.0. The number of nitrogens with one attached hydrogen (secondary N) is 1. The summed E-state index contributed by atoms with van der Waals surface area (Å²) in [6.45, 7) is 3.64. The molecule has 0 aromatic heterocycles. The monoisotopic (exact) mass is 230 g/mol. The van der Waals surface area contributed by atoms with E-state index in [1.54, 1.807) is 6.92 Å². The molecule has 0 spiro atoms. The van der Waals surface area contributed by atoms with E-state index in [-0.39, 0.29) is 18.2 Å². The maximum Gasteiger partial charge on any atom is 0.326 e. The third-order valence-electron chi connectivity index (χ3n) is 2.19. The number of carboxylic acid groups (broad SMARTS) is 1. The highest BCUT2D eigenvalue weighted by Crippen LogP contribution is 2.05. The molecular formula is C10H18N2O4. The summed E-state index contributed by atoms with van der Waals surface area (Å²) in [5.41, 5.74) is 4.89. The quantitative estimate of drug-likeness (QED) is 0.565. The molecule has 0 aliphatic heterocycles. The number of primary amides is 1. The molecule has 0 fully saturated rings. The van der Waals surface area contributed by atoms with Crippen LogP contribution in [0.2, 0.25) is 0 Å². The topological polar surface area (TPSA) is 109 Å². The molecule has 0 radical (unpaired) electrons. The van der Waals surface area contributed by atoms with Crippen LogP contribution in [0.1, 0.15) is 33.1 Å². The molecule has 16 heavy (non-hydrogen) atoms. The third kappa shape index (κ3) is 5.33. The van der Waals surface area contributed by atoms with E-state index in [1.165, 1.54) is 0 Å². The first kappa shape index (κ1) is 14.4. The molecule has 0 aromatic rings. The minimum absolute atomic E-state index is 0.264. The Bertz CT molecular complexity index is 278. The van der Waals surface area contributed by atoms with Gasteiger partial charge in [-0.25, -0.2) is 4.79 Å². The predicted molar refractivity (Wildman–Crippen MR) is 57.4 cm³/mol. The van der Waals surface area contributed by atoms with Crippen LogP contribution in [-0.2, 0) is 14.4 Å². The fraction of sp³-hybridized carbons (Fsp3) is 0.700. The van der Waals surface area contributed by atoms with Gasteiger partial charge in [-0.1, -0.05) is 20.3 Å². The average Bonchev–Trinajstić information content (AvgIpc) is 2.16. The van der Waals surface area contributed by atoms with Gasteiger partial charge in [0.15, 0.2) is 0 Å². The molecular weight excluding hydrogens is 212 g/mol. The van der Waals surface area contributed by atoms with Gasteiger partial charge in [-0.2, -0.15) is 0 Å². The largest absolute Gasteiger partial charge is 0.480 e. The molecule has 4 N–H and O–H groups in total. The Morgan fingerprint density at radius 1 is 1.38 bits per heavy atom. The summed E-state index contributed by atoms with van der Waals surface area (Å²) in [5, 5.41) is 11.1. The molecule has 6 heteroatoms. The molecule has 0 saturated heterocycles. The van der Waals surface area contributed by atoms with Crippen LogP contribution in [0.25, 0.3) is 0 Å². The van der Waals surface area contributed by atoms with Crippen molar-refractivity contribution in [3.8, 4) is 0 Å². The van der Waals surface area contributed by atoms with E-state index in [0.29, 0.717) is 6.42 Å². The van der Waals surface area contributed by atoms with Gasteiger partial charge in [0.25, 0.3) is 0 Å². The Balaban J connectivity index is 4.34. The van der Waals surface area contributed by atoms with E-state index in [1.807, 2.05) is 6.92 Å². The minimum Gasteiger partial charge on any atom is -0.480 e. The molecule has 0 saturated carbocycles. The van der Waals surface area contributed by atoms with Crippen molar-refractivity contribution < 1.29 is 19.5 Å². The SMILES string of the molecule is CCCC(C)C(=O)N[C@H](CC(N)=O)C(=O)O. The van der Waals surface area contributed by atoms with E-state index in [2.05, 4.69) is 5.32 Å². The normalized spacial score (nSPS) is 13.9. The van der Waals surface area contributed by atoms with E-state index >= 15 is 0 Å². The second-order valence-corrected chi connectivity index (χ2v) is 3.76. The van der Waals surface area contributed by atoms with Gasteiger partial charge in [0.2, 0.25) is 11.8 Å². The fourth-order valence-corrected chi connectivity index (χ4v) is 1.28. The van der Waals surface area contributed by atoms with Gasteiger partial charge in [-0.15, -0.1) is 0 Å². The summed E-state index contributed by atoms with van der Waals surface area (Å²) in [6, 6.07) is -1.23. The lowest BCUT2D eigenvalue weighted by molar-refractivity contribution is -0.143. The Labute approximate surface area is 94.2 Å². The number of rotatable bonds is 7. The van der Waals surface area contributed by atoms with Crippen molar-refractivity contribution in [1.82, 2.24) is 5.32 Å². The standard InChI is InChI=1S/C10H18N2O4/c1-3-4-6(2)9(14)12-7(10(15)16)5-8(11)13/h6-7H,3-5H2,1-2H3,(H2,11,13)(H,12,14)(H,15,16)/t6?,7-/m1/s1. The molecule has 2 atom stereocenters. The summed E-state index contributed by atoms with van der Waals surface area (Å²) < 4.78 is 0. The first-order valence-corrected chi connectivity index (χ1v) is 5.20. The van der Waals surface area contributed by atoms with E-state index < -0.39 is 17.9 Å². The maximum atomic E-state index is 11.5. The smallest absolute Gasteiger partial charge is 0.326 e. The lowest BCUT2D eigenvalue weighted by Gasteiger charge is -2.16. The van der Waals surface area contributed by atoms with Gasteiger partial charge >= 0.3 is 5.97 Å². The number of aliphatic carboxylic acids is 1. The van der Waals surface area contributed by atoms with Crippen molar-refractivity contribution in [2.75, 3.05) is 0 Å². The first-order valence-electron chi connectivity index (χ1n) is 5.20. The van der Waals surface area contributed by atoms with Crippen molar-refractivity contribution in [3.63, 3.8) is 0 Å². The Hall–Kier alpha value is -1.59. The molecule has 0 aliphatic rings. The zero-order valence-electron chi connectivity index (χ0n) is 9.53. The second kappa shape index (κ2) is 6.81. The molecule has 6 nitrogen and oxygen atoms in total. The summed E-state index contributed by atoms with van der Waals surface area (Å²) in [4.78, 5) is 32.8.